The van der Waals surface area contributed by atoms with Gasteiger partial charge in [0, 0.05) is 18.2 Å². The van der Waals surface area contributed by atoms with Gasteiger partial charge in [0.05, 0.1) is 13.3 Å². The quantitative estimate of drug-likeness (QED) is 0.312. The highest BCUT2D eigenvalue weighted by molar-refractivity contribution is 7.80. The molecule has 0 aliphatic carbocycles. The number of hydrogen-bond acceptors (Lipinski definition) is 4. The third-order valence-corrected chi connectivity index (χ3v) is 3.60. The van der Waals surface area contributed by atoms with Gasteiger partial charge in [0.25, 0.3) is 0 Å². The average molecular weight is 391 g/mol. The minimum absolute atomic E-state index is 0.0418. The molecule has 0 amide bonds. The van der Waals surface area contributed by atoms with E-state index >= 15 is 0 Å². The van der Waals surface area contributed by atoms with Gasteiger partial charge in [0.1, 0.15) is 18.2 Å². The smallest absolute Gasteiger partial charge is 0.187 e. The summed E-state index contributed by atoms with van der Waals surface area (Å²) in [6.07, 6.45) is 3.25. The summed E-state index contributed by atoms with van der Waals surface area (Å²) in [6, 6.07) is 8.47. The molecule has 0 aliphatic heterocycles. The number of nitrogens with zero attached hydrogens (tertiary/aromatic N) is 1. The Hall–Kier alpha value is -3.00. The fourth-order valence-corrected chi connectivity index (χ4v) is 2.25. The Balaban J connectivity index is 2.05. The van der Waals surface area contributed by atoms with E-state index < -0.39 is 11.6 Å². The van der Waals surface area contributed by atoms with Crippen LogP contribution in [0.25, 0.3) is 0 Å². The fourth-order valence-electron chi connectivity index (χ4n) is 2.11. The van der Waals surface area contributed by atoms with Crippen LogP contribution in [0.4, 0.5) is 8.78 Å². The van der Waals surface area contributed by atoms with Crippen molar-refractivity contribution in [1.82, 2.24) is 10.7 Å². The van der Waals surface area contributed by atoms with Crippen LogP contribution in [-0.2, 0) is 6.61 Å². The lowest BCUT2D eigenvalue weighted by Gasteiger charge is -2.11. The summed E-state index contributed by atoms with van der Waals surface area (Å²) in [7, 11) is 1.52. The van der Waals surface area contributed by atoms with Crippen molar-refractivity contribution in [2.45, 2.75) is 6.61 Å². The first-order valence-corrected chi connectivity index (χ1v) is 8.37. The maximum absolute atomic E-state index is 13.7. The van der Waals surface area contributed by atoms with Crippen molar-refractivity contribution in [3.8, 4) is 11.5 Å². The molecule has 2 N–H and O–H groups in total. The van der Waals surface area contributed by atoms with Gasteiger partial charge in [-0.3, -0.25) is 5.43 Å². The minimum atomic E-state index is -0.767. The molecule has 0 radical (unpaired) electrons. The highest BCUT2D eigenvalue weighted by Crippen LogP contribution is 2.23. The average Bonchev–Trinajstić information content (AvgIpc) is 2.66. The molecule has 0 aliphatic rings. The molecular formula is C19H19F2N3O2S. The Morgan fingerprint density at radius 2 is 2.00 bits per heavy atom. The lowest BCUT2D eigenvalue weighted by molar-refractivity contribution is 0.282. The maximum atomic E-state index is 13.7. The third kappa shape index (κ3) is 6.34. The van der Waals surface area contributed by atoms with Gasteiger partial charge in [-0.25, -0.2) is 8.78 Å². The van der Waals surface area contributed by atoms with Gasteiger partial charge in [-0.1, -0.05) is 6.08 Å². The summed E-state index contributed by atoms with van der Waals surface area (Å²) < 4.78 is 37.4. The van der Waals surface area contributed by atoms with Crippen LogP contribution in [0.2, 0.25) is 0 Å². The zero-order valence-corrected chi connectivity index (χ0v) is 15.5. The van der Waals surface area contributed by atoms with E-state index in [1.807, 2.05) is 0 Å². The first-order chi connectivity index (χ1) is 13.0. The van der Waals surface area contributed by atoms with Crippen molar-refractivity contribution >= 4 is 23.5 Å². The van der Waals surface area contributed by atoms with Gasteiger partial charge in [-0.2, -0.15) is 5.10 Å². The van der Waals surface area contributed by atoms with Crippen LogP contribution in [0, 0.1) is 11.6 Å². The van der Waals surface area contributed by atoms with Crippen molar-refractivity contribution in [3.05, 3.63) is 71.8 Å². The molecule has 0 fully saturated rings. The van der Waals surface area contributed by atoms with Crippen molar-refractivity contribution in [2.75, 3.05) is 13.7 Å². The van der Waals surface area contributed by atoms with Gasteiger partial charge >= 0.3 is 0 Å². The number of ether oxygens (including phenoxy) is 2. The largest absolute Gasteiger partial charge is 0.496 e. The predicted molar refractivity (Wildman–Crippen MR) is 105 cm³/mol. The predicted octanol–water partition coefficient (Wildman–Crippen LogP) is 3.54. The number of hydrogen-bond donors (Lipinski definition) is 2. The zero-order valence-electron chi connectivity index (χ0n) is 14.7. The van der Waals surface area contributed by atoms with E-state index in [0.717, 1.165) is 17.7 Å². The van der Waals surface area contributed by atoms with E-state index in [1.54, 1.807) is 30.5 Å². The van der Waals surface area contributed by atoms with Gasteiger partial charge in [-0.05, 0) is 48.1 Å². The molecule has 2 aromatic carbocycles. The molecule has 0 unspecified atom stereocenters. The van der Waals surface area contributed by atoms with E-state index in [4.69, 9.17) is 21.7 Å². The lowest BCUT2D eigenvalue weighted by Crippen LogP contribution is -2.31. The number of thiocarbonyl (C=S) groups is 1. The van der Waals surface area contributed by atoms with Crippen LogP contribution in [0.3, 0.4) is 0 Å². The molecule has 0 aromatic heterocycles. The summed E-state index contributed by atoms with van der Waals surface area (Å²) in [5.74, 6) is -0.899. The summed E-state index contributed by atoms with van der Waals surface area (Å²) in [4.78, 5) is 0. The van der Waals surface area contributed by atoms with Crippen molar-refractivity contribution < 1.29 is 18.3 Å². The Labute approximate surface area is 161 Å². The Bertz CT molecular complexity index is 844. The number of nitrogens with one attached hydrogen (secondary N) is 2. The first kappa shape index (κ1) is 20.3. The Kier molecular flexibility index (Phi) is 7.69. The summed E-state index contributed by atoms with van der Waals surface area (Å²) >= 11 is 5.03. The van der Waals surface area contributed by atoms with Crippen LogP contribution >= 0.6 is 12.2 Å². The normalized spacial score (nSPS) is 10.5. The van der Waals surface area contributed by atoms with Crippen molar-refractivity contribution in [1.29, 1.82) is 0 Å². The van der Waals surface area contributed by atoms with E-state index in [1.165, 1.54) is 13.2 Å². The first-order valence-electron chi connectivity index (χ1n) is 7.96. The Morgan fingerprint density at radius 3 is 2.70 bits per heavy atom. The van der Waals surface area contributed by atoms with Crippen LogP contribution in [0.1, 0.15) is 11.1 Å². The van der Waals surface area contributed by atoms with E-state index in [9.17, 15) is 8.78 Å². The molecule has 0 atom stereocenters. The lowest BCUT2D eigenvalue weighted by atomic mass is 10.1. The second-order valence-corrected chi connectivity index (χ2v) is 5.71. The molecule has 0 heterocycles. The molecule has 0 bridgehead atoms. The highest BCUT2D eigenvalue weighted by Gasteiger charge is 2.09. The van der Waals surface area contributed by atoms with Gasteiger partial charge in [0.15, 0.2) is 16.7 Å². The molecule has 2 rings (SSSR count). The molecular weight excluding hydrogens is 372 g/mol. The van der Waals surface area contributed by atoms with Crippen LogP contribution < -0.4 is 20.2 Å². The summed E-state index contributed by atoms with van der Waals surface area (Å²) in [5, 5.41) is 7.29. The van der Waals surface area contributed by atoms with Gasteiger partial charge in [-0.15, -0.1) is 6.58 Å². The van der Waals surface area contributed by atoms with Crippen molar-refractivity contribution in [2.24, 2.45) is 5.10 Å². The number of hydrazone groups is 1. The molecule has 2 aromatic rings. The van der Waals surface area contributed by atoms with E-state index in [2.05, 4.69) is 22.4 Å². The number of rotatable bonds is 8. The van der Waals surface area contributed by atoms with E-state index in [0.29, 0.717) is 23.0 Å². The van der Waals surface area contributed by atoms with Gasteiger partial charge in [0.2, 0.25) is 0 Å². The van der Waals surface area contributed by atoms with Crippen LogP contribution in [-0.4, -0.2) is 25.0 Å². The fraction of sp³-hybridized carbons (Fsp3) is 0.158. The second-order valence-electron chi connectivity index (χ2n) is 5.30. The SMILES string of the molecule is C=CCNC(=S)NN=Cc1ccc(OC)c(COc2ccc(F)cc2F)c1. The van der Waals surface area contributed by atoms with Gasteiger partial charge < -0.3 is 14.8 Å². The van der Waals surface area contributed by atoms with E-state index in [-0.39, 0.29) is 12.4 Å². The maximum Gasteiger partial charge on any atom is 0.187 e. The molecule has 0 spiro atoms. The molecule has 27 heavy (non-hydrogen) atoms. The monoisotopic (exact) mass is 391 g/mol. The minimum Gasteiger partial charge on any atom is -0.496 e. The van der Waals surface area contributed by atoms with Crippen LogP contribution in [0.5, 0.6) is 11.5 Å². The molecule has 8 heteroatoms. The van der Waals surface area contributed by atoms with Crippen LogP contribution in [0.15, 0.2) is 54.2 Å². The third-order valence-electron chi connectivity index (χ3n) is 3.37. The summed E-state index contributed by atoms with van der Waals surface area (Å²) in [5.41, 5.74) is 4.11. The van der Waals surface area contributed by atoms with Crippen molar-refractivity contribution in [3.63, 3.8) is 0 Å². The molecule has 5 nitrogen and oxygen atoms in total. The zero-order chi connectivity index (χ0) is 19.6. The molecule has 142 valence electrons. The second kappa shape index (κ2) is 10.2. The standard InChI is InChI=1S/C19H19F2N3O2S/c1-3-8-22-19(27)24-23-11-13-4-6-17(25-2)14(9-13)12-26-18-7-5-15(20)10-16(18)21/h3-7,9-11H,1,8,12H2,2H3,(H2,22,24,27). The highest BCUT2D eigenvalue weighted by atomic mass is 32.1. The number of benzene rings is 2. The topological polar surface area (TPSA) is 54.9 Å². The summed E-state index contributed by atoms with van der Waals surface area (Å²) in [6.45, 7) is 4.16. The number of methoxy groups -OCH3 is 1. The Morgan fingerprint density at radius 1 is 1.22 bits per heavy atom. The molecule has 0 saturated heterocycles. The number of halogens is 2. The molecule has 0 saturated carbocycles.